The van der Waals surface area contributed by atoms with Crippen molar-refractivity contribution >= 4 is 0 Å². The Hall–Kier alpha value is -0.430. The van der Waals surface area contributed by atoms with Gasteiger partial charge in [-0.3, -0.25) is 0 Å². The van der Waals surface area contributed by atoms with Crippen LogP contribution in [0.2, 0.25) is 0 Å². The Labute approximate surface area is 71.3 Å². The van der Waals surface area contributed by atoms with Crippen molar-refractivity contribution in [3.8, 4) is 0 Å². The van der Waals surface area contributed by atoms with E-state index in [1.54, 1.807) is 0 Å². The summed E-state index contributed by atoms with van der Waals surface area (Å²) >= 11 is 0. The minimum Gasteiger partial charge on any atom is -0.385 e. The molecular weight excluding hydrogens is 199 g/mol. The van der Waals surface area contributed by atoms with Crippen molar-refractivity contribution in [3.05, 3.63) is 0 Å². The van der Waals surface area contributed by atoms with Gasteiger partial charge in [0, 0.05) is 0 Å². The molecule has 3 atom stereocenters. The lowest BCUT2D eigenvalue weighted by Gasteiger charge is -2.20. The molecule has 0 bridgehead atoms. The average Bonchev–Trinajstić information content (AvgIpc) is 2.01. The summed E-state index contributed by atoms with van der Waals surface area (Å²) in [6.07, 6.45) is -11.9. The van der Waals surface area contributed by atoms with E-state index in [4.69, 9.17) is 5.11 Å². The fraction of sp³-hybridized carbons (Fsp3) is 1.00. The molecule has 0 aliphatic carbocycles. The third-order valence-electron chi connectivity index (χ3n) is 1.26. The fourth-order valence-electron chi connectivity index (χ4n) is 0.433. The van der Waals surface area contributed by atoms with E-state index in [1.165, 1.54) is 0 Å². The standard InChI is InChI=1S/C6H9F5O2/c1-3(6(9,10)11)13-5(8)4(12)2-7/h3-5,12H,2H2,1H3. The van der Waals surface area contributed by atoms with E-state index < -0.39 is 31.4 Å². The number of hydrogen-bond acceptors (Lipinski definition) is 2. The highest BCUT2D eigenvalue weighted by Crippen LogP contribution is 2.24. The summed E-state index contributed by atoms with van der Waals surface area (Å²) in [6, 6.07) is 0. The highest BCUT2D eigenvalue weighted by molar-refractivity contribution is 4.65. The number of hydrogen-bond donors (Lipinski definition) is 1. The van der Waals surface area contributed by atoms with Crippen LogP contribution in [0.3, 0.4) is 0 Å². The van der Waals surface area contributed by atoms with Gasteiger partial charge in [-0.15, -0.1) is 0 Å². The number of alkyl halides is 5. The Bertz CT molecular complexity index is 148. The minimum atomic E-state index is -4.72. The normalized spacial score (nSPS) is 19.6. The second-order valence-corrected chi connectivity index (χ2v) is 2.39. The summed E-state index contributed by atoms with van der Waals surface area (Å²) in [5.74, 6) is 0. The van der Waals surface area contributed by atoms with E-state index in [0.29, 0.717) is 6.92 Å². The Balaban J connectivity index is 3.98. The number of aliphatic hydroxyl groups is 1. The van der Waals surface area contributed by atoms with Crippen LogP contribution in [-0.4, -0.2) is 36.5 Å². The number of ether oxygens (including phenoxy) is 1. The third kappa shape index (κ3) is 4.37. The van der Waals surface area contributed by atoms with Crippen molar-refractivity contribution in [2.75, 3.05) is 6.67 Å². The molecule has 0 rings (SSSR count). The van der Waals surface area contributed by atoms with Gasteiger partial charge in [-0.25, -0.2) is 8.78 Å². The number of rotatable bonds is 4. The van der Waals surface area contributed by atoms with Crippen molar-refractivity contribution < 1.29 is 31.8 Å². The Morgan fingerprint density at radius 2 is 1.85 bits per heavy atom. The lowest BCUT2D eigenvalue weighted by Crippen LogP contribution is -2.36. The molecule has 0 aromatic carbocycles. The molecule has 0 saturated heterocycles. The molecule has 80 valence electrons. The zero-order valence-electron chi connectivity index (χ0n) is 6.68. The molecule has 0 amide bonds. The maximum Gasteiger partial charge on any atom is 0.414 e. The molecular formula is C6H9F5O2. The molecule has 0 aliphatic heterocycles. The molecule has 7 heteroatoms. The van der Waals surface area contributed by atoms with Gasteiger partial charge in [0.25, 0.3) is 0 Å². The van der Waals surface area contributed by atoms with Gasteiger partial charge in [0.15, 0.2) is 6.10 Å². The average molecular weight is 208 g/mol. The third-order valence-corrected chi connectivity index (χ3v) is 1.26. The van der Waals surface area contributed by atoms with Crippen LogP contribution in [-0.2, 0) is 4.74 Å². The Morgan fingerprint density at radius 3 is 2.15 bits per heavy atom. The van der Waals surface area contributed by atoms with Crippen LogP contribution in [0.15, 0.2) is 0 Å². The molecule has 0 aliphatic rings. The molecule has 0 radical (unpaired) electrons. The van der Waals surface area contributed by atoms with Gasteiger partial charge in [0.05, 0.1) is 0 Å². The van der Waals surface area contributed by atoms with E-state index in [-0.39, 0.29) is 0 Å². The van der Waals surface area contributed by atoms with E-state index in [2.05, 4.69) is 4.74 Å². The maximum absolute atomic E-state index is 12.4. The van der Waals surface area contributed by atoms with E-state index in [9.17, 15) is 22.0 Å². The Morgan fingerprint density at radius 1 is 1.38 bits per heavy atom. The van der Waals surface area contributed by atoms with Crippen LogP contribution in [0.1, 0.15) is 6.92 Å². The fourth-order valence-corrected chi connectivity index (χ4v) is 0.433. The SMILES string of the molecule is CC(OC(F)C(O)CF)C(F)(F)F. The van der Waals surface area contributed by atoms with Crippen LogP contribution in [0.5, 0.6) is 0 Å². The summed E-state index contributed by atoms with van der Waals surface area (Å²) in [4.78, 5) is 0. The van der Waals surface area contributed by atoms with Gasteiger partial charge in [-0.1, -0.05) is 0 Å². The van der Waals surface area contributed by atoms with Crippen molar-refractivity contribution in [2.45, 2.75) is 31.7 Å². The topological polar surface area (TPSA) is 29.5 Å². The second-order valence-electron chi connectivity index (χ2n) is 2.39. The lowest BCUT2D eigenvalue weighted by atomic mass is 10.3. The zero-order chi connectivity index (χ0) is 10.6. The molecule has 0 aromatic heterocycles. The largest absolute Gasteiger partial charge is 0.414 e. The number of halogens is 5. The predicted octanol–water partition coefficient (Wildman–Crippen LogP) is 1.58. The van der Waals surface area contributed by atoms with Gasteiger partial charge in [-0.2, -0.15) is 13.2 Å². The van der Waals surface area contributed by atoms with Crippen molar-refractivity contribution in [1.82, 2.24) is 0 Å². The van der Waals surface area contributed by atoms with Crippen molar-refractivity contribution in [1.29, 1.82) is 0 Å². The quantitative estimate of drug-likeness (QED) is 0.710. The molecule has 0 heterocycles. The van der Waals surface area contributed by atoms with Crippen LogP contribution in [0.4, 0.5) is 22.0 Å². The van der Waals surface area contributed by atoms with Crippen LogP contribution < -0.4 is 0 Å². The van der Waals surface area contributed by atoms with Gasteiger partial charge in [0.1, 0.15) is 12.8 Å². The summed E-state index contributed by atoms with van der Waals surface area (Å²) in [6.45, 7) is -0.927. The number of aliphatic hydroxyl groups excluding tert-OH is 1. The Kier molecular flexibility index (Phi) is 4.55. The lowest BCUT2D eigenvalue weighted by molar-refractivity contribution is -0.257. The first-order chi connectivity index (χ1) is 5.79. The van der Waals surface area contributed by atoms with Gasteiger partial charge >= 0.3 is 6.18 Å². The van der Waals surface area contributed by atoms with E-state index in [0.717, 1.165) is 0 Å². The molecule has 3 unspecified atom stereocenters. The minimum absolute atomic E-state index is 0.567. The molecule has 13 heavy (non-hydrogen) atoms. The van der Waals surface area contributed by atoms with Gasteiger partial charge < -0.3 is 9.84 Å². The van der Waals surface area contributed by atoms with Gasteiger partial charge in [0.2, 0.25) is 6.36 Å². The van der Waals surface area contributed by atoms with E-state index in [1.807, 2.05) is 0 Å². The molecule has 1 N–H and O–H groups in total. The molecule has 0 fully saturated rings. The first-order valence-corrected chi connectivity index (χ1v) is 3.39. The molecule has 0 spiro atoms. The van der Waals surface area contributed by atoms with Crippen molar-refractivity contribution in [2.24, 2.45) is 0 Å². The molecule has 0 saturated carbocycles. The maximum atomic E-state index is 12.4. The van der Waals surface area contributed by atoms with Crippen molar-refractivity contribution in [3.63, 3.8) is 0 Å². The monoisotopic (exact) mass is 208 g/mol. The highest BCUT2D eigenvalue weighted by atomic mass is 19.4. The first-order valence-electron chi connectivity index (χ1n) is 3.39. The first kappa shape index (κ1) is 12.6. The second kappa shape index (κ2) is 4.71. The van der Waals surface area contributed by atoms with Crippen LogP contribution >= 0.6 is 0 Å². The summed E-state index contributed by atoms with van der Waals surface area (Å²) < 4.78 is 62.7. The van der Waals surface area contributed by atoms with E-state index >= 15 is 0 Å². The predicted molar refractivity (Wildman–Crippen MR) is 33.5 cm³/mol. The zero-order valence-corrected chi connectivity index (χ0v) is 6.68. The summed E-state index contributed by atoms with van der Waals surface area (Å²) in [7, 11) is 0. The smallest absolute Gasteiger partial charge is 0.385 e. The van der Waals surface area contributed by atoms with Crippen LogP contribution in [0.25, 0.3) is 0 Å². The van der Waals surface area contributed by atoms with Crippen LogP contribution in [0, 0.1) is 0 Å². The summed E-state index contributed by atoms with van der Waals surface area (Å²) in [5, 5.41) is 8.40. The summed E-state index contributed by atoms with van der Waals surface area (Å²) in [5.41, 5.74) is 0. The van der Waals surface area contributed by atoms with Gasteiger partial charge in [-0.05, 0) is 6.92 Å². The molecule has 0 aromatic rings. The highest BCUT2D eigenvalue weighted by Gasteiger charge is 2.39. The molecule has 2 nitrogen and oxygen atoms in total.